The number of amides is 2. The molecule has 2 amide bonds. The number of hydrogen-bond acceptors (Lipinski definition) is 6. The molecule has 10 nitrogen and oxygen atoms in total. The van der Waals surface area contributed by atoms with Crippen LogP contribution < -0.4 is 0 Å². The zero-order chi connectivity index (χ0) is 28.9. The van der Waals surface area contributed by atoms with Crippen LogP contribution in [0, 0.1) is 11.8 Å². The predicted octanol–water partition coefficient (Wildman–Crippen LogP) is 4.92. The molecule has 1 aromatic carbocycles. The maximum Gasteiger partial charge on any atom is 0.410 e. The Balaban J connectivity index is 2.00. The summed E-state index contributed by atoms with van der Waals surface area (Å²) < 4.78 is 12.6. The molecule has 1 saturated heterocycles. The van der Waals surface area contributed by atoms with E-state index in [1.165, 1.54) is 4.90 Å². The highest BCUT2D eigenvalue weighted by Gasteiger charge is 2.40. The van der Waals surface area contributed by atoms with Crippen LogP contribution in [0.3, 0.4) is 0 Å². The number of imidazole rings is 1. The fraction of sp³-hybridized carbons (Fsp3) is 0.643. The maximum atomic E-state index is 14.2. The minimum atomic E-state index is -1.01. The number of carbonyl (C=O) groups is 3. The van der Waals surface area contributed by atoms with Gasteiger partial charge in [-0.3, -0.25) is 9.59 Å². The summed E-state index contributed by atoms with van der Waals surface area (Å²) in [7, 11) is 1.65. The van der Waals surface area contributed by atoms with Gasteiger partial charge in [0, 0.05) is 39.9 Å². The molecule has 0 bridgehead atoms. The van der Waals surface area contributed by atoms with Crippen molar-refractivity contribution >= 4 is 40.6 Å². The number of halogens is 1. The summed E-state index contributed by atoms with van der Waals surface area (Å²) in [5.74, 6) is -1.82. The summed E-state index contributed by atoms with van der Waals surface area (Å²) in [4.78, 5) is 47.1. The smallest absolute Gasteiger partial charge is 0.410 e. The second-order valence-corrected chi connectivity index (χ2v) is 12.0. The van der Waals surface area contributed by atoms with Crippen LogP contribution in [0.15, 0.2) is 18.2 Å². The summed E-state index contributed by atoms with van der Waals surface area (Å²) >= 11 is 6.46. The Morgan fingerprint density at radius 2 is 1.92 bits per heavy atom. The highest BCUT2D eigenvalue weighted by molar-refractivity contribution is 6.35. The number of carboxylic acid groups (broad SMARTS) is 1. The quantitative estimate of drug-likeness (QED) is 0.407. The lowest BCUT2D eigenvalue weighted by atomic mass is 9.92. The van der Waals surface area contributed by atoms with Crippen LogP contribution in [0.4, 0.5) is 4.79 Å². The standard InChI is InChI=1S/C28H41ClN4O6/c1-18(2)15-33(20-14-19(26(35)36)16-31(17-20)27(37)39-28(3,4)5)25(34)24-30-23-21(29)10-9-11-22(23)32(24)12-7-8-13-38-6/h9-11,18-20H,7-8,12-17H2,1-6H3,(H,35,36)/t19-,20+/m1/s1. The first kappa shape index (κ1) is 30.7. The molecule has 2 heterocycles. The monoisotopic (exact) mass is 564 g/mol. The second kappa shape index (κ2) is 13.0. The number of ether oxygens (including phenoxy) is 2. The Morgan fingerprint density at radius 1 is 1.21 bits per heavy atom. The van der Waals surface area contributed by atoms with Crippen molar-refractivity contribution in [3.8, 4) is 0 Å². The van der Waals surface area contributed by atoms with Gasteiger partial charge in [0.05, 0.1) is 22.5 Å². The van der Waals surface area contributed by atoms with E-state index in [9.17, 15) is 19.5 Å². The van der Waals surface area contributed by atoms with Crippen LogP contribution in [0.25, 0.3) is 11.0 Å². The number of para-hydroxylation sites is 1. The summed E-state index contributed by atoms with van der Waals surface area (Å²) in [5.41, 5.74) is 0.569. The van der Waals surface area contributed by atoms with Gasteiger partial charge in [-0.05, 0) is 58.1 Å². The molecule has 1 fully saturated rings. The normalized spacial score (nSPS) is 18.0. The number of aryl methyl sites for hydroxylation is 1. The third kappa shape index (κ3) is 7.85. The van der Waals surface area contributed by atoms with E-state index in [4.69, 9.17) is 21.1 Å². The van der Waals surface area contributed by atoms with E-state index < -0.39 is 29.6 Å². The molecule has 0 aliphatic carbocycles. The largest absolute Gasteiger partial charge is 0.481 e. The zero-order valence-electron chi connectivity index (χ0n) is 23.8. The lowest BCUT2D eigenvalue weighted by molar-refractivity contribution is -0.144. The molecule has 11 heteroatoms. The average Bonchev–Trinajstić information content (AvgIpc) is 3.23. The van der Waals surface area contributed by atoms with Crippen molar-refractivity contribution in [2.24, 2.45) is 11.8 Å². The molecule has 3 rings (SSSR count). The predicted molar refractivity (Wildman–Crippen MR) is 149 cm³/mol. The number of nitrogens with zero attached hydrogens (tertiary/aromatic N) is 4. The van der Waals surface area contributed by atoms with E-state index in [1.807, 2.05) is 30.5 Å². The number of aliphatic carboxylic acids is 1. The van der Waals surface area contributed by atoms with Crippen molar-refractivity contribution in [3.63, 3.8) is 0 Å². The Hall–Kier alpha value is -2.85. The maximum absolute atomic E-state index is 14.2. The molecular formula is C28H41ClN4O6. The second-order valence-electron chi connectivity index (χ2n) is 11.6. The molecule has 2 atom stereocenters. The molecule has 1 N–H and O–H groups in total. The van der Waals surface area contributed by atoms with E-state index in [-0.39, 0.29) is 37.2 Å². The number of carbonyl (C=O) groups excluding carboxylic acids is 2. The van der Waals surface area contributed by atoms with Gasteiger partial charge in [0.2, 0.25) is 0 Å². The number of unbranched alkanes of at least 4 members (excludes halogenated alkanes) is 1. The molecule has 1 aliphatic rings. The summed E-state index contributed by atoms with van der Waals surface area (Å²) in [5, 5.41) is 10.3. The topological polar surface area (TPSA) is 114 Å². The summed E-state index contributed by atoms with van der Waals surface area (Å²) in [6.07, 6.45) is 1.22. The van der Waals surface area contributed by atoms with Crippen LogP contribution in [0.2, 0.25) is 5.02 Å². The first-order valence-electron chi connectivity index (χ1n) is 13.5. The van der Waals surface area contributed by atoms with Gasteiger partial charge >= 0.3 is 12.1 Å². The third-order valence-electron chi connectivity index (χ3n) is 6.59. The van der Waals surface area contributed by atoms with Gasteiger partial charge in [0.25, 0.3) is 5.91 Å². The van der Waals surface area contributed by atoms with Gasteiger partial charge in [-0.1, -0.05) is 31.5 Å². The highest BCUT2D eigenvalue weighted by Crippen LogP contribution is 2.29. The van der Waals surface area contributed by atoms with Crippen molar-refractivity contribution in [2.75, 3.05) is 33.4 Å². The van der Waals surface area contributed by atoms with Crippen LogP contribution in [-0.4, -0.2) is 87.4 Å². The molecule has 2 aromatic rings. The number of likely N-dealkylation sites (tertiary alicyclic amines) is 1. The van der Waals surface area contributed by atoms with Gasteiger partial charge in [0.15, 0.2) is 5.82 Å². The number of carboxylic acids is 1. The van der Waals surface area contributed by atoms with Crippen LogP contribution >= 0.6 is 11.6 Å². The van der Waals surface area contributed by atoms with Gasteiger partial charge < -0.3 is 28.9 Å². The summed E-state index contributed by atoms with van der Waals surface area (Å²) in [6, 6.07) is 4.93. The molecule has 0 radical (unpaired) electrons. The number of methoxy groups -OCH3 is 1. The lowest BCUT2D eigenvalue weighted by Gasteiger charge is -2.42. The van der Waals surface area contributed by atoms with E-state index in [1.54, 1.807) is 38.8 Å². The molecule has 1 aromatic heterocycles. The van der Waals surface area contributed by atoms with Crippen LogP contribution in [-0.2, 0) is 20.8 Å². The van der Waals surface area contributed by atoms with E-state index in [2.05, 4.69) is 4.98 Å². The SMILES string of the molecule is COCCCCn1c(C(=O)N(CC(C)C)[C@H]2C[C@@H](C(=O)O)CN(C(=O)OC(C)(C)C)C2)nc2c(Cl)cccc21. The third-order valence-corrected chi connectivity index (χ3v) is 6.90. The molecule has 0 spiro atoms. The molecule has 1 aliphatic heterocycles. The number of piperidine rings is 1. The summed E-state index contributed by atoms with van der Waals surface area (Å²) in [6.45, 7) is 11.0. The molecule has 216 valence electrons. The first-order chi connectivity index (χ1) is 18.3. The molecular weight excluding hydrogens is 524 g/mol. The van der Waals surface area contributed by atoms with Crippen molar-refractivity contribution in [1.29, 1.82) is 0 Å². The van der Waals surface area contributed by atoms with E-state index >= 15 is 0 Å². The van der Waals surface area contributed by atoms with Crippen molar-refractivity contribution in [2.45, 2.75) is 72.1 Å². The Bertz CT molecular complexity index is 1170. The zero-order valence-corrected chi connectivity index (χ0v) is 24.5. The van der Waals surface area contributed by atoms with Crippen LogP contribution in [0.5, 0.6) is 0 Å². The number of hydrogen-bond donors (Lipinski definition) is 1. The number of fused-ring (bicyclic) bond motifs is 1. The Labute approximate surface area is 235 Å². The minimum absolute atomic E-state index is 0.0259. The lowest BCUT2D eigenvalue weighted by Crippen LogP contribution is -2.57. The first-order valence-corrected chi connectivity index (χ1v) is 13.9. The number of aromatic nitrogens is 2. The fourth-order valence-electron chi connectivity index (χ4n) is 4.89. The Kier molecular flexibility index (Phi) is 10.2. The van der Waals surface area contributed by atoms with Gasteiger partial charge in [-0.2, -0.15) is 0 Å². The van der Waals surface area contributed by atoms with Crippen molar-refractivity contribution in [3.05, 3.63) is 29.0 Å². The van der Waals surface area contributed by atoms with E-state index in [0.29, 0.717) is 30.2 Å². The average molecular weight is 565 g/mol. The van der Waals surface area contributed by atoms with E-state index in [0.717, 1.165) is 18.4 Å². The fourth-order valence-corrected chi connectivity index (χ4v) is 5.10. The minimum Gasteiger partial charge on any atom is -0.481 e. The van der Waals surface area contributed by atoms with Gasteiger partial charge in [0.1, 0.15) is 11.1 Å². The molecule has 0 saturated carbocycles. The highest BCUT2D eigenvalue weighted by atomic mass is 35.5. The molecule has 0 unspecified atom stereocenters. The van der Waals surface area contributed by atoms with Gasteiger partial charge in [-0.15, -0.1) is 0 Å². The van der Waals surface area contributed by atoms with Crippen molar-refractivity contribution < 1.29 is 29.0 Å². The number of benzene rings is 1. The van der Waals surface area contributed by atoms with Gasteiger partial charge in [-0.25, -0.2) is 9.78 Å². The Morgan fingerprint density at radius 3 is 2.54 bits per heavy atom. The number of rotatable bonds is 10. The van der Waals surface area contributed by atoms with Crippen LogP contribution in [0.1, 0.15) is 64.5 Å². The van der Waals surface area contributed by atoms with Crippen molar-refractivity contribution in [1.82, 2.24) is 19.4 Å². The molecule has 39 heavy (non-hydrogen) atoms.